The monoisotopic (exact) mass is 228 g/mol. The lowest BCUT2D eigenvalue weighted by molar-refractivity contribution is 0.123. The minimum absolute atomic E-state index is 0. The van der Waals surface area contributed by atoms with E-state index in [1.807, 2.05) is 18.2 Å². The molecule has 0 saturated heterocycles. The van der Waals surface area contributed by atoms with Crippen molar-refractivity contribution in [1.29, 1.82) is 0 Å². The predicted octanol–water partition coefficient (Wildman–Crippen LogP) is 1.63. The molecule has 2 atom stereocenters. The number of para-hydroxylation sites is 2. The zero-order chi connectivity index (χ0) is 10.1. The topological polar surface area (TPSA) is 72.3 Å². The van der Waals surface area contributed by atoms with E-state index in [0.29, 0.717) is 5.58 Å². The Kier molecular flexibility index (Phi) is 3.68. The molecule has 0 aliphatic carbocycles. The Morgan fingerprint density at radius 3 is 2.67 bits per heavy atom. The number of hydrogen-bond acceptors (Lipinski definition) is 4. The summed E-state index contributed by atoms with van der Waals surface area (Å²) in [5.41, 5.74) is 6.95. The van der Waals surface area contributed by atoms with Crippen LogP contribution < -0.4 is 5.73 Å². The van der Waals surface area contributed by atoms with Gasteiger partial charge in [-0.1, -0.05) is 12.1 Å². The number of fused-ring (bicyclic) bond motifs is 1. The number of hydrogen-bond donors (Lipinski definition) is 2. The van der Waals surface area contributed by atoms with Crippen LogP contribution in [0.2, 0.25) is 0 Å². The number of aliphatic hydroxyl groups is 1. The Bertz CT molecular complexity index is 409. The van der Waals surface area contributed by atoms with E-state index in [2.05, 4.69) is 4.98 Å². The summed E-state index contributed by atoms with van der Waals surface area (Å²) in [6.07, 6.45) is -0.845. The van der Waals surface area contributed by atoms with Crippen molar-refractivity contribution in [3.63, 3.8) is 0 Å². The van der Waals surface area contributed by atoms with Crippen LogP contribution in [0.1, 0.15) is 18.9 Å². The molecule has 2 rings (SSSR count). The van der Waals surface area contributed by atoms with Crippen molar-refractivity contribution in [2.45, 2.75) is 19.1 Å². The predicted molar refractivity (Wildman–Crippen MR) is 59.9 cm³/mol. The zero-order valence-corrected chi connectivity index (χ0v) is 9.07. The van der Waals surface area contributed by atoms with Crippen LogP contribution >= 0.6 is 12.4 Å². The van der Waals surface area contributed by atoms with Gasteiger partial charge in [-0.15, -0.1) is 12.4 Å². The number of benzene rings is 1. The largest absolute Gasteiger partial charge is 0.438 e. The van der Waals surface area contributed by atoms with Crippen molar-refractivity contribution in [3.05, 3.63) is 30.2 Å². The standard InChI is InChI=1S/C10H12N2O2.ClH/c1-6(11)9(13)10-12-7-4-2-3-5-8(7)14-10;/h2-6,9,13H,11H2,1H3;1H. The highest BCUT2D eigenvalue weighted by Gasteiger charge is 2.18. The van der Waals surface area contributed by atoms with Crippen LogP contribution in [0, 0.1) is 0 Å². The Hall–Kier alpha value is -1.10. The molecular weight excluding hydrogens is 216 g/mol. The average molecular weight is 229 g/mol. The third-order valence-electron chi connectivity index (χ3n) is 2.06. The van der Waals surface area contributed by atoms with E-state index >= 15 is 0 Å². The van der Waals surface area contributed by atoms with Gasteiger partial charge in [0, 0.05) is 6.04 Å². The molecule has 5 heteroatoms. The molecule has 1 heterocycles. The fourth-order valence-corrected chi connectivity index (χ4v) is 1.24. The number of aromatic nitrogens is 1. The van der Waals surface area contributed by atoms with Gasteiger partial charge in [0.05, 0.1) is 0 Å². The number of nitrogens with zero attached hydrogens (tertiary/aromatic N) is 1. The van der Waals surface area contributed by atoms with Crippen molar-refractivity contribution >= 4 is 23.5 Å². The third-order valence-corrected chi connectivity index (χ3v) is 2.06. The van der Waals surface area contributed by atoms with Crippen LogP contribution in [0.15, 0.2) is 28.7 Å². The van der Waals surface area contributed by atoms with Gasteiger partial charge in [-0.25, -0.2) is 4.98 Å². The van der Waals surface area contributed by atoms with Crippen LogP contribution in [0.25, 0.3) is 11.1 Å². The van der Waals surface area contributed by atoms with Gasteiger partial charge in [0.1, 0.15) is 11.6 Å². The normalized spacial score (nSPS) is 14.6. The van der Waals surface area contributed by atoms with Crippen LogP contribution in [0.4, 0.5) is 0 Å². The summed E-state index contributed by atoms with van der Waals surface area (Å²) in [5, 5.41) is 9.62. The van der Waals surface area contributed by atoms with Gasteiger partial charge in [0.25, 0.3) is 0 Å². The van der Waals surface area contributed by atoms with Crippen molar-refractivity contribution in [3.8, 4) is 0 Å². The van der Waals surface area contributed by atoms with Gasteiger partial charge in [-0.05, 0) is 19.1 Å². The molecule has 0 amide bonds. The number of nitrogens with two attached hydrogens (primary N) is 1. The smallest absolute Gasteiger partial charge is 0.225 e. The summed E-state index contributed by atoms with van der Waals surface area (Å²) in [6.45, 7) is 1.71. The number of oxazole rings is 1. The molecule has 4 nitrogen and oxygen atoms in total. The van der Waals surface area contributed by atoms with Gasteiger partial charge in [-0.3, -0.25) is 0 Å². The second-order valence-electron chi connectivity index (χ2n) is 3.32. The second-order valence-corrected chi connectivity index (χ2v) is 3.32. The molecule has 1 aromatic heterocycles. The SMILES string of the molecule is CC(N)C(O)c1nc2ccccc2o1.Cl. The van der Waals surface area contributed by atoms with Crippen LogP contribution in [-0.2, 0) is 0 Å². The van der Waals surface area contributed by atoms with Crippen molar-refractivity contribution in [2.24, 2.45) is 5.73 Å². The fraction of sp³-hybridized carbons (Fsp3) is 0.300. The highest BCUT2D eigenvalue weighted by atomic mass is 35.5. The van der Waals surface area contributed by atoms with Gasteiger partial charge in [0.15, 0.2) is 5.58 Å². The van der Waals surface area contributed by atoms with E-state index in [4.69, 9.17) is 10.2 Å². The molecule has 0 saturated carbocycles. The lowest BCUT2D eigenvalue weighted by atomic mass is 10.2. The van der Waals surface area contributed by atoms with Gasteiger partial charge in [-0.2, -0.15) is 0 Å². The maximum absolute atomic E-state index is 9.62. The van der Waals surface area contributed by atoms with E-state index < -0.39 is 6.10 Å². The molecule has 15 heavy (non-hydrogen) atoms. The lowest BCUT2D eigenvalue weighted by Gasteiger charge is -2.08. The van der Waals surface area contributed by atoms with Gasteiger partial charge >= 0.3 is 0 Å². The first kappa shape index (κ1) is 12.0. The molecule has 82 valence electrons. The molecule has 0 radical (unpaired) electrons. The summed E-state index contributed by atoms with van der Waals surface area (Å²) >= 11 is 0. The van der Waals surface area contributed by atoms with Crippen molar-refractivity contribution in [2.75, 3.05) is 0 Å². The fourth-order valence-electron chi connectivity index (χ4n) is 1.24. The van der Waals surface area contributed by atoms with E-state index in [1.165, 1.54) is 0 Å². The molecule has 0 aliphatic heterocycles. The highest BCUT2D eigenvalue weighted by molar-refractivity contribution is 5.85. The van der Waals surface area contributed by atoms with Crippen LogP contribution in [0.3, 0.4) is 0 Å². The Labute approximate surface area is 93.5 Å². The maximum Gasteiger partial charge on any atom is 0.225 e. The van der Waals surface area contributed by atoms with Crippen LogP contribution in [-0.4, -0.2) is 16.1 Å². The van der Waals surface area contributed by atoms with E-state index in [9.17, 15) is 5.11 Å². The molecule has 0 spiro atoms. The summed E-state index contributed by atoms with van der Waals surface area (Å²) in [7, 11) is 0. The molecule has 0 bridgehead atoms. The second kappa shape index (κ2) is 4.61. The molecular formula is C10H13ClN2O2. The van der Waals surface area contributed by atoms with E-state index in [-0.39, 0.29) is 24.3 Å². The highest BCUT2D eigenvalue weighted by Crippen LogP contribution is 2.20. The number of rotatable bonds is 2. The average Bonchev–Trinajstić information content (AvgIpc) is 2.59. The summed E-state index contributed by atoms with van der Waals surface area (Å²) < 4.78 is 5.35. The first-order chi connectivity index (χ1) is 6.68. The summed E-state index contributed by atoms with van der Waals surface area (Å²) in [5.74, 6) is 0.279. The first-order valence-electron chi connectivity index (χ1n) is 4.47. The number of halogens is 1. The molecule has 2 aromatic rings. The molecule has 0 aliphatic rings. The summed E-state index contributed by atoms with van der Waals surface area (Å²) in [6, 6.07) is 6.97. The zero-order valence-electron chi connectivity index (χ0n) is 8.25. The molecule has 2 unspecified atom stereocenters. The molecule has 3 N–H and O–H groups in total. The molecule has 0 fully saturated rings. The molecule has 1 aromatic carbocycles. The Balaban J connectivity index is 0.00000112. The Morgan fingerprint density at radius 2 is 2.07 bits per heavy atom. The van der Waals surface area contributed by atoms with Gasteiger partial charge in [0.2, 0.25) is 5.89 Å². The first-order valence-corrected chi connectivity index (χ1v) is 4.47. The summed E-state index contributed by atoms with van der Waals surface area (Å²) in [4.78, 5) is 4.14. The van der Waals surface area contributed by atoms with Crippen molar-refractivity contribution in [1.82, 2.24) is 4.98 Å². The Morgan fingerprint density at radius 1 is 1.40 bits per heavy atom. The van der Waals surface area contributed by atoms with E-state index in [0.717, 1.165) is 5.52 Å². The number of aliphatic hydroxyl groups excluding tert-OH is 1. The third kappa shape index (κ3) is 2.28. The maximum atomic E-state index is 9.62. The van der Waals surface area contributed by atoms with Crippen LogP contribution in [0.5, 0.6) is 0 Å². The van der Waals surface area contributed by atoms with Gasteiger partial charge < -0.3 is 15.3 Å². The van der Waals surface area contributed by atoms with E-state index in [1.54, 1.807) is 13.0 Å². The quantitative estimate of drug-likeness (QED) is 0.820. The minimum atomic E-state index is -0.845. The lowest BCUT2D eigenvalue weighted by Crippen LogP contribution is -2.24. The van der Waals surface area contributed by atoms with Crippen molar-refractivity contribution < 1.29 is 9.52 Å². The minimum Gasteiger partial charge on any atom is -0.438 e.